The number of hydrogen-bond donors (Lipinski definition) is 2. The molecule has 1 aliphatic rings. The predicted octanol–water partition coefficient (Wildman–Crippen LogP) is 1.46. The van der Waals surface area contributed by atoms with Gasteiger partial charge in [-0.25, -0.2) is 0 Å². The molecule has 1 aliphatic heterocycles. The van der Waals surface area contributed by atoms with Crippen LogP contribution in [0.1, 0.15) is 27.1 Å². The Morgan fingerprint density at radius 2 is 2.00 bits per heavy atom. The van der Waals surface area contributed by atoms with Crippen molar-refractivity contribution in [2.45, 2.75) is 6.42 Å². The topological polar surface area (TPSA) is 61.4 Å². The molecule has 2 rings (SSSR count). The lowest BCUT2D eigenvalue weighted by Crippen LogP contribution is -2.30. The van der Waals surface area contributed by atoms with E-state index in [9.17, 15) is 9.59 Å². The lowest BCUT2D eigenvalue weighted by Gasteiger charge is -2.15. The number of carbonyl (C=O) groups excluding carboxylic acids is 2. The quantitative estimate of drug-likeness (QED) is 0.825. The molecule has 0 unspecified atom stereocenters. The molecule has 2 N–H and O–H groups in total. The number of amides is 2. The highest BCUT2D eigenvalue weighted by Crippen LogP contribution is 2.08. The minimum absolute atomic E-state index is 0. The van der Waals surface area contributed by atoms with Crippen molar-refractivity contribution in [2.75, 3.05) is 33.7 Å². The summed E-state index contributed by atoms with van der Waals surface area (Å²) in [6.07, 6.45) is 3.06. The SMILES string of the molecule is CN(C)C(=O)c1cccc(C(=O)NCC2=CCNCC2)c1.Cl. The van der Waals surface area contributed by atoms with Crippen molar-refractivity contribution in [1.29, 1.82) is 0 Å². The van der Waals surface area contributed by atoms with E-state index < -0.39 is 0 Å². The zero-order valence-electron chi connectivity index (χ0n) is 12.9. The van der Waals surface area contributed by atoms with Gasteiger partial charge in [0.15, 0.2) is 0 Å². The summed E-state index contributed by atoms with van der Waals surface area (Å²) in [7, 11) is 3.39. The van der Waals surface area contributed by atoms with E-state index >= 15 is 0 Å². The molecule has 2 amide bonds. The minimum atomic E-state index is -0.150. The lowest BCUT2D eigenvalue weighted by molar-refractivity contribution is 0.0827. The fourth-order valence-electron chi connectivity index (χ4n) is 2.18. The van der Waals surface area contributed by atoms with Gasteiger partial charge in [0.2, 0.25) is 0 Å². The van der Waals surface area contributed by atoms with Gasteiger partial charge in [-0.2, -0.15) is 0 Å². The van der Waals surface area contributed by atoms with Crippen LogP contribution < -0.4 is 10.6 Å². The first-order valence-electron chi connectivity index (χ1n) is 7.06. The molecule has 5 nitrogen and oxygen atoms in total. The Kier molecular flexibility index (Phi) is 7.08. The second kappa shape index (κ2) is 8.56. The molecule has 0 fully saturated rings. The van der Waals surface area contributed by atoms with Crippen molar-refractivity contribution in [2.24, 2.45) is 0 Å². The van der Waals surface area contributed by atoms with Gasteiger partial charge in [0, 0.05) is 38.3 Å². The predicted molar refractivity (Wildman–Crippen MR) is 89.6 cm³/mol. The summed E-state index contributed by atoms with van der Waals surface area (Å²) in [6, 6.07) is 6.80. The maximum Gasteiger partial charge on any atom is 0.253 e. The molecule has 1 aromatic rings. The Bertz CT molecular complexity index is 570. The van der Waals surface area contributed by atoms with Crippen LogP contribution in [0.4, 0.5) is 0 Å². The molecule has 1 heterocycles. The van der Waals surface area contributed by atoms with Crippen LogP contribution >= 0.6 is 12.4 Å². The van der Waals surface area contributed by atoms with E-state index in [2.05, 4.69) is 16.7 Å². The van der Waals surface area contributed by atoms with E-state index in [-0.39, 0.29) is 24.2 Å². The fourth-order valence-corrected chi connectivity index (χ4v) is 2.18. The Morgan fingerprint density at radius 3 is 2.64 bits per heavy atom. The maximum atomic E-state index is 12.2. The number of halogens is 1. The van der Waals surface area contributed by atoms with Crippen LogP contribution in [0.25, 0.3) is 0 Å². The molecule has 6 heteroatoms. The van der Waals surface area contributed by atoms with E-state index in [4.69, 9.17) is 0 Å². The molecule has 1 aromatic carbocycles. The van der Waals surface area contributed by atoms with Crippen molar-refractivity contribution >= 4 is 24.2 Å². The zero-order valence-corrected chi connectivity index (χ0v) is 13.7. The second-order valence-electron chi connectivity index (χ2n) is 5.28. The molecular formula is C16H22ClN3O2. The van der Waals surface area contributed by atoms with Gasteiger partial charge < -0.3 is 15.5 Å². The Balaban J connectivity index is 0.00000242. The zero-order chi connectivity index (χ0) is 15.2. The van der Waals surface area contributed by atoms with Crippen molar-refractivity contribution in [3.8, 4) is 0 Å². The largest absolute Gasteiger partial charge is 0.348 e. The maximum absolute atomic E-state index is 12.2. The molecule has 22 heavy (non-hydrogen) atoms. The first kappa shape index (κ1) is 18.2. The molecule has 0 saturated carbocycles. The van der Waals surface area contributed by atoms with Gasteiger partial charge >= 0.3 is 0 Å². The minimum Gasteiger partial charge on any atom is -0.348 e. The van der Waals surface area contributed by atoms with Crippen LogP contribution in [-0.4, -0.2) is 50.4 Å². The van der Waals surface area contributed by atoms with Crippen molar-refractivity contribution < 1.29 is 9.59 Å². The van der Waals surface area contributed by atoms with Gasteiger partial charge in [-0.3, -0.25) is 9.59 Å². The van der Waals surface area contributed by atoms with Crippen LogP contribution in [0.2, 0.25) is 0 Å². The van der Waals surface area contributed by atoms with Crippen LogP contribution in [0.15, 0.2) is 35.9 Å². The number of rotatable bonds is 4. The highest BCUT2D eigenvalue weighted by Gasteiger charge is 2.12. The lowest BCUT2D eigenvalue weighted by atomic mass is 10.1. The summed E-state index contributed by atoms with van der Waals surface area (Å²) >= 11 is 0. The third kappa shape index (κ3) is 4.86. The van der Waals surface area contributed by atoms with E-state index in [0.29, 0.717) is 17.7 Å². The van der Waals surface area contributed by atoms with Gasteiger partial charge in [-0.1, -0.05) is 17.7 Å². The van der Waals surface area contributed by atoms with E-state index in [1.165, 1.54) is 10.5 Å². The monoisotopic (exact) mass is 323 g/mol. The van der Waals surface area contributed by atoms with Crippen LogP contribution in [0, 0.1) is 0 Å². The molecule has 0 atom stereocenters. The van der Waals surface area contributed by atoms with Crippen LogP contribution in [-0.2, 0) is 0 Å². The summed E-state index contributed by atoms with van der Waals surface area (Å²) in [4.78, 5) is 25.6. The fraction of sp³-hybridized carbons (Fsp3) is 0.375. The standard InChI is InChI=1S/C16H21N3O2.ClH/c1-19(2)16(21)14-5-3-4-13(10-14)15(20)18-11-12-6-8-17-9-7-12;/h3-6,10,17H,7-9,11H2,1-2H3,(H,18,20);1H. The number of nitrogens with one attached hydrogen (secondary N) is 2. The third-order valence-corrected chi connectivity index (χ3v) is 3.41. The van der Waals surface area contributed by atoms with Gasteiger partial charge in [-0.15, -0.1) is 12.4 Å². The Hall–Kier alpha value is -1.85. The number of nitrogens with zero attached hydrogens (tertiary/aromatic N) is 1. The normalized spacial score (nSPS) is 13.6. The molecule has 0 aromatic heterocycles. The molecular weight excluding hydrogens is 302 g/mol. The highest BCUT2D eigenvalue weighted by atomic mass is 35.5. The smallest absolute Gasteiger partial charge is 0.253 e. The van der Waals surface area contributed by atoms with Gasteiger partial charge in [0.1, 0.15) is 0 Å². The Morgan fingerprint density at radius 1 is 1.27 bits per heavy atom. The van der Waals surface area contributed by atoms with E-state index in [1.807, 2.05) is 0 Å². The summed E-state index contributed by atoms with van der Waals surface area (Å²) in [6.45, 7) is 2.37. The molecule has 0 bridgehead atoms. The van der Waals surface area contributed by atoms with Crippen molar-refractivity contribution in [3.63, 3.8) is 0 Å². The number of hydrogen-bond acceptors (Lipinski definition) is 3. The number of benzene rings is 1. The average Bonchev–Trinajstić information content (AvgIpc) is 2.53. The molecule has 0 radical (unpaired) electrons. The number of carbonyl (C=O) groups is 2. The van der Waals surface area contributed by atoms with Gasteiger partial charge in [0.05, 0.1) is 0 Å². The summed E-state index contributed by atoms with van der Waals surface area (Å²) in [5.74, 6) is -0.256. The third-order valence-electron chi connectivity index (χ3n) is 3.41. The van der Waals surface area contributed by atoms with Crippen molar-refractivity contribution in [3.05, 3.63) is 47.0 Å². The van der Waals surface area contributed by atoms with Crippen molar-refractivity contribution in [1.82, 2.24) is 15.5 Å². The molecule has 0 aliphatic carbocycles. The van der Waals surface area contributed by atoms with Gasteiger partial charge in [-0.05, 0) is 31.2 Å². The summed E-state index contributed by atoms with van der Waals surface area (Å²) in [5, 5.41) is 6.14. The summed E-state index contributed by atoms with van der Waals surface area (Å²) < 4.78 is 0. The Labute approximate surface area is 137 Å². The van der Waals surface area contributed by atoms with Gasteiger partial charge in [0.25, 0.3) is 11.8 Å². The first-order valence-corrected chi connectivity index (χ1v) is 7.06. The van der Waals surface area contributed by atoms with Crippen LogP contribution in [0.5, 0.6) is 0 Å². The molecule has 0 spiro atoms. The van der Waals surface area contributed by atoms with E-state index in [0.717, 1.165) is 19.5 Å². The average molecular weight is 324 g/mol. The second-order valence-corrected chi connectivity index (χ2v) is 5.28. The van der Waals surface area contributed by atoms with Crippen LogP contribution in [0.3, 0.4) is 0 Å². The van der Waals surface area contributed by atoms with E-state index in [1.54, 1.807) is 38.4 Å². The molecule has 120 valence electrons. The molecule has 0 saturated heterocycles. The first-order chi connectivity index (χ1) is 10.1. The highest BCUT2D eigenvalue weighted by molar-refractivity contribution is 5.99. The summed E-state index contributed by atoms with van der Waals surface area (Å²) in [5.41, 5.74) is 2.27.